The van der Waals surface area contributed by atoms with E-state index in [4.69, 9.17) is 5.73 Å². The third-order valence-electron chi connectivity index (χ3n) is 3.37. The second kappa shape index (κ2) is 5.40. The lowest BCUT2D eigenvalue weighted by Crippen LogP contribution is -2.17. The zero-order valence-corrected chi connectivity index (χ0v) is 11.8. The molecule has 0 fully saturated rings. The van der Waals surface area contributed by atoms with Crippen LogP contribution >= 0.6 is 0 Å². The van der Waals surface area contributed by atoms with Crippen LogP contribution in [0.15, 0.2) is 42.5 Å². The molecule has 1 amide bonds. The monoisotopic (exact) mass is 296 g/mol. The number of nitrogens with two attached hydrogens (primary N) is 1. The number of aryl methyl sites for hydroxylation is 1. The van der Waals surface area contributed by atoms with Gasteiger partial charge in [-0.15, -0.1) is 10.2 Å². The summed E-state index contributed by atoms with van der Waals surface area (Å²) in [5.41, 5.74) is 7.99. The minimum Gasteiger partial charge on any atom is -0.396 e. The molecule has 0 spiro atoms. The van der Waals surface area contributed by atoms with Crippen LogP contribution in [0.2, 0.25) is 0 Å². The number of amides is 1. The molecule has 0 saturated heterocycles. The second-order valence-electron chi connectivity index (χ2n) is 4.89. The molecule has 110 valence electrons. The highest BCUT2D eigenvalue weighted by molar-refractivity contribution is 6.10. The highest BCUT2D eigenvalue weighted by Crippen LogP contribution is 2.22. The summed E-state index contributed by atoms with van der Waals surface area (Å²) in [4.78, 5) is 12.3. The Hall–Kier alpha value is -3.02. The van der Waals surface area contributed by atoms with Gasteiger partial charge in [-0.2, -0.15) is 0 Å². The topological polar surface area (TPSA) is 80.9 Å². The van der Waals surface area contributed by atoms with Crippen molar-refractivity contribution in [1.82, 2.24) is 10.2 Å². The van der Waals surface area contributed by atoms with E-state index in [0.717, 1.165) is 5.56 Å². The van der Waals surface area contributed by atoms with Crippen molar-refractivity contribution in [2.24, 2.45) is 0 Å². The molecule has 0 saturated carbocycles. The lowest BCUT2D eigenvalue weighted by Gasteiger charge is -2.10. The second-order valence-corrected chi connectivity index (χ2v) is 4.89. The summed E-state index contributed by atoms with van der Waals surface area (Å²) >= 11 is 0. The number of nitrogen functional groups attached to an aromatic ring is 1. The van der Waals surface area contributed by atoms with E-state index >= 15 is 0 Å². The number of carbonyl (C=O) groups excluding carboxylic acids is 1. The first-order valence-electron chi connectivity index (χ1n) is 6.64. The SMILES string of the molecule is Cc1ccc(F)cc1NC(=O)c1nnc2ccccc2c1N. The van der Waals surface area contributed by atoms with E-state index in [1.54, 1.807) is 31.2 Å². The minimum atomic E-state index is -0.524. The summed E-state index contributed by atoms with van der Waals surface area (Å²) in [6.07, 6.45) is 0. The van der Waals surface area contributed by atoms with E-state index in [2.05, 4.69) is 15.5 Å². The summed E-state index contributed by atoms with van der Waals surface area (Å²) in [6, 6.07) is 11.3. The predicted octanol–water partition coefficient (Wildman–Crippen LogP) is 2.91. The molecule has 1 aromatic heterocycles. The summed E-state index contributed by atoms with van der Waals surface area (Å²) in [5, 5.41) is 11.1. The van der Waals surface area contributed by atoms with Crippen molar-refractivity contribution in [3.8, 4) is 0 Å². The van der Waals surface area contributed by atoms with Crippen molar-refractivity contribution in [3.05, 3.63) is 59.5 Å². The number of aromatic nitrogens is 2. The average molecular weight is 296 g/mol. The Balaban J connectivity index is 1.99. The summed E-state index contributed by atoms with van der Waals surface area (Å²) < 4.78 is 13.3. The van der Waals surface area contributed by atoms with Crippen LogP contribution in [0.1, 0.15) is 16.1 Å². The van der Waals surface area contributed by atoms with Gasteiger partial charge in [0.05, 0.1) is 11.2 Å². The highest BCUT2D eigenvalue weighted by atomic mass is 19.1. The van der Waals surface area contributed by atoms with Gasteiger partial charge in [0.1, 0.15) is 5.82 Å². The van der Waals surface area contributed by atoms with Crippen LogP contribution in [-0.4, -0.2) is 16.1 Å². The van der Waals surface area contributed by atoms with Gasteiger partial charge in [0, 0.05) is 11.1 Å². The quantitative estimate of drug-likeness (QED) is 0.762. The Morgan fingerprint density at radius 3 is 2.77 bits per heavy atom. The van der Waals surface area contributed by atoms with Gasteiger partial charge in [0.25, 0.3) is 5.91 Å². The molecule has 1 heterocycles. The van der Waals surface area contributed by atoms with Crippen molar-refractivity contribution in [3.63, 3.8) is 0 Å². The van der Waals surface area contributed by atoms with Gasteiger partial charge in [0.2, 0.25) is 0 Å². The molecular weight excluding hydrogens is 283 g/mol. The Morgan fingerprint density at radius 2 is 1.95 bits per heavy atom. The maximum absolute atomic E-state index is 13.3. The summed E-state index contributed by atoms with van der Waals surface area (Å²) in [5.74, 6) is -0.956. The zero-order chi connectivity index (χ0) is 15.7. The van der Waals surface area contributed by atoms with Gasteiger partial charge in [-0.1, -0.05) is 24.3 Å². The first-order chi connectivity index (χ1) is 10.6. The first-order valence-corrected chi connectivity index (χ1v) is 6.64. The smallest absolute Gasteiger partial charge is 0.278 e. The van der Waals surface area contributed by atoms with Crippen LogP contribution in [-0.2, 0) is 0 Å². The van der Waals surface area contributed by atoms with Gasteiger partial charge in [0.15, 0.2) is 5.69 Å². The third-order valence-corrected chi connectivity index (χ3v) is 3.37. The fourth-order valence-electron chi connectivity index (χ4n) is 2.15. The molecule has 3 aromatic rings. The van der Waals surface area contributed by atoms with Gasteiger partial charge in [-0.3, -0.25) is 4.79 Å². The molecule has 5 nitrogen and oxygen atoms in total. The molecule has 0 aliphatic carbocycles. The zero-order valence-electron chi connectivity index (χ0n) is 11.8. The number of hydrogen-bond acceptors (Lipinski definition) is 4. The fourth-order valence-corrected chi connectivity index (χ4v) is 2.15. The average Bonchev–Trinajstić information content (AvgIpc) is 2.51. The van der Waals surface area contributed by atoms with Crippen LogP contribution in [0, 0.1) is 12.7 Å². The van der Waals surface area contributed by atoms with Gasteiger partial charge in [-0.05, 0) is 30.7 Å². The highest BCUT2D eigenvalue weighted by Gasteiger charge is 2.16. The molecule has 3 rings (SSSR count). The number of hydrogen-bond donors (Lipinski definition) is 2. The number of anilines is 2. The molecule has 0 bridgehead atoms. The Morgan fingerprint density at radius 1 is 1.18 bits per heavy atom. The molecule has 2 aromatic carbocycles. The minimum absolute atomic E-state index is 0.0161. The van der Waals surface area contributed by atoms with Crippen molar-refractivity contribution < 1.29 is 9.18 Å². The number of fused-ring (bicyclic) bond motifs is 1. The summed E-state index contributed by atoms with van der Waals surface area (Å²) in [6.45, 7) is 1.77. The van der Waals surface area contributed by atoms with E-state index in [-0.39, 0.29) is 11.4 Å². The summed E-state index contributed by atoms with van der Waals surface area (Å²) in [7, 11) is 0. The van der Waals surface area contributed by atoms with Gasteiger partial charge >= 0.3 is 0 Å². The normalized spacial score (nSPS) is 10.6. The number of nitrogens with zero attached hydrogens (tertiary/aromatic N) is 2. The van der Waals surface area contributed by atoms with Crippen LogP contribution in [0.25, 0.3) is 10.9 Å². The number of rotatable bonds is 2. The molecular formula is C16H13FN4O. The van der Waals surface area contributed by atoms with E-state index in [1.807, 2.05) is 6.07 Å². The van der Waals surface area contributed by atoms with E-state index in [0.29, 0.717) is 16.6 Å². The standard InChI is InChI=1S/C16H13FN4O/c1-9-6-7-10(17)8-13(9)19-16(22)15-14(18)11-4-2-3-5-12(11)20-21-15/h2-8H,1H3,(H2,18,20)(H,19,22). The van der Waals surface area contributed by atoms with Crippen molar-refractivity contribution >= 4 is 28.2 Å². The predicted molar refractivity (Wildman–Crippen MR) is 83.0 cm³/mol. The van der Waals surface area contributed by atoms with E-state index < -0.39 is 11.7 Å². The maximum Gasteiger partial charge on any atom is 0.278 e. The molecule has 0 aliphatic rings. The van der Waals surface area contributed by atoms with Crippen LogP contribution < -0.4 is 11.1 Å². The lowest BCUT2D eigenvalue weighted by molar-refractivity contribution is 0.102. The van der Waals surface area contributed by atoms with E-state index in [1.165, 1.54) is 12.1 Å². The molecule has 6 heteroatoms. The van der Waals surface area contributed by atoms with Crippen molar-refractivity contribution in [2.75, 3.05) is 11.1 Å². The van der Waals surface area contributed by atoms with Gasteiger partial charge in [-0.25, -0.2) is 4.39 Å². The number of nitrogens with one attached hydrogen (secondary N) is 1. The van der Waals surface area contributed by atoms with Crippen LogP contribution in [0.3, 0.4) is 0 Å². The fraction of sp³-hybridized carbons (Fsp3) is 0.0625. The van der Waals surface area contributed by atoms with Crippen molar-refractivity contribution in [1.29, 1.82) is 0 Å². The molecule has 22 heavy (non-hydrogen) atoms. The molecule has 0 unspecified atom stereocenters. The number of halogens is 1. The largest absolute Gasteiger partial charge is 0.396 e. The first kappa shape index (κ1) is 13.9. The number of benzene rings is 2. The Bertz CT molecular complexity index is 879. The molecule has 0 aliphatic heterocycles. The maximum atomic E-state index is 13.3. The third kappa shape index (κ3) is 2.46. The lowest BCUT2D eigenvalue weighted by atomic mass is 10.1. The van der Waals surface area contributed by atoms with E-state index in [9.17, 15) is 9.18 Å². The Kier molecular flexibility index (Phi) is 3.42. The molecule has 0 radical (unpaired) electrons. The number of carbonyl (C=O) groups is 1. The van der Waals surface area contributed by atoms with Crippen LogP contribution in [0.5, 0.6) is 0 Å². The van der Waals surface area contributed by atoms with Crippen LogP contribution in [0.4, 0.5) is 15.8 Å². The molecule has 3 N–H and O–H groups in total. The Labute approximate surface area is 126 Å². The van der Waals surface area contributed by atoms with Gasteiger partial charge < -0.3 is 11.1 Å². The van der Waals surface area contributed by atoms with Crippen molar-refractivity contribution in [2.45, 2.75) is 6.92 Å². The molecule has 0 atom stereocenters.